The molecule has 4 nitrogen and oxygen atoms in total. The van der Waals surface area contributed by atoms with Gasteiger partial charge in [-0.25, -0.2) is 0 Å². The van der Waals surface area contributed by atoms with Crippen molar-refractivity contribution in [2.45, 2.75) is 6.92 Å². The number of aldehydes is 1. The van der Waals surface area contributed by atoms with Gasteiger partial charge in [-0.1, -0.05) is 6.07 Å². The van der Waals surface area contributed by atoms with Gasteiger partial charge in [0.25, 0.3) is 0 Å². The molecule has 0 aromatic heterocycles. The summed E-state index contributed by atoms with van der Waals surface area (Å²) < 4.78 is 5.06. The topological polar surface area (TPSA) is 55.4 Å². The Labute approximate surface area is 81.9 Å². The lowest BCUT2D eigenvalue weighted by Gasteiger charge is -2.05. The van der Waals surface area contributed by atoms with Crippen molar-refractivity contribution in [1.29, 1.82) is 0 Å². The van der Waals surface area contributed by atoms with E-state index in [0.29, 0.717) is 17.7 Å². The molecule has 0 saturated heterocycles. The zero-order valence-corrected chi connectivity index (χ0v) is 7.82. The Kier molecular flexibility index (Phi) is 3.67. The van der Waals surface area contributed by atoms with Gasteiger partial charge in [-0.05, 0) is 12.1 Å². The molecule has 0 saturated carbocycles. The van der Waals surface area contributed by atoms with Gasteiger partial charge in [-0.15, -0.1) is 0 Å². The third kappa shape index (κ3) is 3.26. The van der Waals surface area contributed by atoms with Crippen LogP contribution in [-0.2, 0) is 9.59 Å². The van der Waals surface area contributed by atoms with Gasteiger partial charge in [0.05, 0.1) is 0 Å². The molecule has 1 amide bonds. The van der Waals surface area contributed by atoms with Crippen LogP contribution >= 0.6 is 0 Å². The Morgan fingerprint density at radius 1 is 1.57 bits per heavy atom. The molecule has 1 aromatic rings. The molecule has 4 heteroatoms. The molecule has 0 unspecified atom stereocenters. The monoisotopic (exact) mass is 193 g/mol. The Balaban J connectivity index is 2.68. The van der Waals surface area contributed by atoms with Crippen molar-refractivity contribution in [1.82, 2.24) is 0 Å². The van der Waals surface area contributed by atoms with Gasteiger partial charge >= 0.3 is 0 Å². The Hall–Kier alpha value is -1.84. The molecule has 1 rings (SSSR count). The number of rotatable bonds is 4. The number of carbonyl (C=O) groups is 2. The number of nitrogens with one attached hydrogen (secondary N) is 1. The largest absolute Gasteiger partial charge is 0.486 e. The molecule has 0 radical (unpaired) electrons. The van der Waals surface area contributed by atoms with Crippen LogP contribution in [0, 0.1) is 0 Å². The van der Waals surface area contributed by atoms with Crippen LogP contribution in [0.3, 0.4) is 0 Å². The lowest BCUT2D eigenvalue weighted by Crippen LogP contribution is -2.06. The van der Waals surface area contributed by atoms with Crippen molar-refractivity contribution in [3.8, 4) is 5.75 Å². The molecule has 0 bridgehead atoms. The highest BCUT2D eigenvalue weighted by atomic mass is 16.5. The van der Waals surface area contributed by atoms with Crippen molar-refractivity contribution in [2.75, 3.05) is 11.9 Å². The quantitative estimate of drug-likeness (QED) is 0.731. The van der Waals surface area contributed by atoms with Gasteiger partial charge in [0.2, 0.25) is 5.91 Å². The third-order valence-electron chi connectivity index (χ3n) is 1.47. The second kappa shape index (κ2) is 5.01. The number of hydrogen-bond donors (Lipinski definition) is 1. The summed E-state index contributed by atoms with van der Waals surface area (Å²) in [6.45, 7) is 1.45. The lowest BCUT2D eigenvalue weighted by molar-refractivity contribution is -0.114. The maximum Gasteiger partial charge on any atom is 0.221 e. The summed E-state index contributed by atoms with van der Waals surface area (Å²) in [6, 6.07) is 6.86. The van der Waals surface area contributed by atoms with Crippen molar-refractivity contribution < 1.29 is 14.3 Å². The number of anilines is 1. The van der Waals surface area contributed by atoms with Gasteiger partial charge in [-0.3, -0.25) is 9.59 Å². The number of amides is 1. The SMILES string of the molecule is CC(=O)Nc1cccc(OCC=O)c1. The molecule has 74 valence electrons. The maximum atomic E-state index is 10.7. The van der Waals surface area contributed by atoms with E-state index in [1.54, 1.807) is 24.3 Å². The highest BCUT2D eigenvalue weighted by molar-refractivity contribution is 5.88. The molecule has 0 heterocycles. The normalized spacial score (nSPS) is 9.21. The van der Waals surface area contributed by atoms with E-state index in [1.165, 1.54) is 6.92 Å². The smallest absolute Gasteiger partial charge is 0.221 e. The summed E-state index contributed by atoms with van der Waals surface area (Å²) in [7, 11) is 0. The molecule has 0 aliphatic rings. The van der Waals surface area contributed by atoms with Crippen LogP contribution in [0.1, 0.15) is 6.92 Å². The predicted octanol–water partition coefficient (Wildman–Crippen LogP) is 1.22. The standard InChI is InChI=1S/C10H11NO3/c1-8(13)11-9-3-2-4-10(7-9)14-6-5-12/h2-5,7H,6H2,1H3,(H,11,13). The van der Waals surface area contributed by atoms with Gasteiger partial charge in [-0.2, -0.15) is 0 Å². The molecule has 0 aliphatic carbocycles. The van der Waals surface area contributed by atoms with Gasteiger partial charge in [0.1, 0.15) is 12.4 Å². The van der Waals surface area contributed by atoms with Crippen LogP contribution in [0.25, 0.3) is 0 Å². The average Bonchev–Trinajstić information content (AvgIpc) is 2.14. The first kappa shape index (κ1) is 10.2. The van der Waals surface area contributed by atoms with Crippen LogP contribution in [0.15, 0.2) is 24.3 Å². The number of benzene rings is 1. The molecular formula is C10H11NO3. The number of hydrogen-bond acceptors (Lipinski definition) is 3. The molecule has 0 aliphatic heterocycles. The van der Waals surface area contributed by atoms with E-state index in [9.17, 15) is 9.59 Å². The van der Waals surface area contributed by atoms with E-state index in [2.05, 4.69) is 5.32 Å². The van der Waals surface area contributed by atoms with E-state index >= 15 is 0 Å². The minimum absolute atomic E-state index is 0.0174. The van der Waals surface area contributed by atoms with E-state index in [4.69, 9.17) is 4.74 Å². The highest BCUT2D eigenvalue weighted by Crippen LogP contribution is 2.16. The zero-order valence-electron chi connectivity index (χ0n) is 7.82. The fourth-order valence-electron chi connectivity index (χ4n) is 0.997. The van der Waals surface area contributed by atoms with Crippen LogP contribution in [0.4, 0.5) is 5.69 Å². The first-order valence-corrected chi connectivity index (χ1v) is 4.16. The molecule has 14 heavy (non-hydrogen) atoms. The van der Waals surface area contributed by atoms with Crippen molar-refractivity contribution >= 4 is 17.9 Å². The molecule has 0 fully saturated rings. The molecule has 1 aromatic carbocycles. The zero-order chi connectivity index (χ0) is 10.4. The fourth-order valence-corrected chi connectivity index (χ4v) is 0.997. The first-order chi connectivity index (χ1) is 6.72. The van der Waals surface area contributed by atoms with Crippen molar-refractivity contribution in [2.24, 2.45) is 0 Å². The van der Waals surface area contributed by atoms with E-state index < -0.39 is 0 Å². The van der Waals surface area contributed by atoms with E-state index in [-0.39, 0.29) is 12.5 Å². The fraction of sp³-hybridized carbons (Fsp3) is 0.200. The molecule has 0 spiro atoms. The summed E-state index contributed by atoms with van der Waals surface area (Å²) in [6.07, 6.45) is 0.672. The number of ether oxygens (including phenoxy) is 1. The Morgan fingerprint density at radius 3 is 3.00 bits per heavy atom. The summed E-state index contributed by atoms with van der Waals surface area (Å²) in [5, 5.41) is 2.61. The third-order valence-corrected chi connectivity index (χ3v) is 1.47. The summed E-state index contributed by atoms with van der Waals surface area (Å²) in [5.41, 5.74) is 0.654. The Morgan fingerprint density at radius 2 is 2.36 bits per heavy atom. The second-order valence-electron chi connectivity index (χ2n) is 2.69. The van der Waals surface area contributed by atoms with Crippen LogP contribution in [0.5, 0.6) is 5.75 Å². The van der Waals surface area contributed by atoms with E-state index in [1.807, 2.05) is 0 Å². The lowest BCUT2D eigenvalue weighted by atomic mass is 10.3. The van der Waals surface area contributed by atoms with Crippen molar-refractivity contribution in [3.05, 3.63) is 24.3 Å². The predicted molar refractivity (Wildman–Crippen MR) is 52.3 cm³/mol. The second-order valence-corrected chi connectivity index (χ2v) is 2.69. The summed E-state index contributed by atoms with van der Waals surface area (Å²) >= 11 is 0. The van der Waals surface area contributed by atoms with E-state index in [0.717, 1.165) is 0 Å². The van der Waals surface area contributed by atoms with Crippen LogP contribution in [-0.4, -0.2) is 18.8 Å². The van der Waals surface area contributed by atoms with Gasteiger partial charge in [0.15, 0.2) is 6.29 Å². The number of carbonyl (C=O) groups excluding carboxylic acids is 2. The van der Waals surface area contributed by atoms with Crippen LogP contribution in [0.2, 0.25) is 0 Å². The van der Waals surface area contributed by atoms with Crippen molar-refractivity contribution in [3.63, 3.8) is 0 Å². The molecular weight excluding hydrogens is 182 g/mol. The van der Waals surface area contributed by atoms with Gasteiger partial charge in [0, 0.05) is 18.7 Å². The summed E-state index contributed by atoms with van der Waals surface area (Å²) in [4.78, 5) is 20.8. The first-order valence-electron chi connectivity index (χ1n) is 4.16. The minimum atomic E-state index is -0.141. The van der Waals surface area contributed by atoms with Gasteiger partial charge < -0.3 is 10.1 Å². The average molecular weight is 193 g/mol. The minimum Gasteiger partial charge on any atom is -0.486 e. The van der Waals surface area contributed by atoms with Crippen LogP contribution < -0.4 is 10.1 Å². The molecule has 0 atom stereocenters. The molecule has 1 N–H and O–H groups in total. The Bertz CT molecular complexity index is 336. The summed E-state index contributed by atoms with van der Waals surface area (Å²) in [5.74, 6) is 0.417. The highest BCUT2D eigenvalue weighted by Gasteiger charge is 1.97. The maximum absolute atomic E-state index is 10.7.